The van der Waals surface area contributed by atoms with Crippen molar-refractivity contribution in [3.8, 4) is 0 Å². The minimum Gasteiger partial charge on any atom is -0.336 e. The van der Waals surface area contributed by atoms with Crippen molar-refractivity contribution >= 4 is 5.91 Å². The first kappa shape index (κ1) is 13.3. The average molecular weight is 284 g/mol. The fraction of sp³-hybridized carbons (Fsp3) is 0.611. The van der Waals surface area contributed by atoms with Crippen LogP contribution in [0.25, 0.3) is 0 Å². The Bertz CT molecular complexity index is 562. The van der Waals surface area contributed by atoms with E-state index in [2.05, 4.69) is 34.5 Å². The Labute approximate surface area is 126 Å². The zero-order valence-electron chi connectivity index (χ0n) is 12.8. The van der Waals surface area contributed by atoms with Crippen LogP contribution in [0.5, 0.6) is 0 Å². The SMILES string of the molecule is CC(=O)N1CC[C@H]2CC3(CCNCC3)c3ccccc3[C@H]21. The van der Waals surface area contributed by atoms with Crippen molar-refractivity contribution in [2.75, 3.05) is 19.6 Å². The minimum atomic E-state index is 0.235. The highest BCUT2D eigenvalue weighted by Gasteiger charge is 2.49. The van der Waals surface area contributed by atoms with Crippen LogP contribution in [-0.4, -0.2) is 30.4 Å². The molecular formula is C18H24N2O. The lowest BCUT2D eigenvalue weighted by Gasteiger charge is -2.47. The number of benzene rings is 1. The molecule has 1 aromatic rings. The summed E-state index contributed by atoms with van der Waals surface area (Å²) in [6.45, 7) is 4.91. The van der Waals surface area contributed by atoms with Gasteiger partial charge in [-0.1, -0.05) is 24.3 Å². The van der Waals surface area contributed by atoms with Crippen LogP contribution in [0.4, 0.5) is 0 Å². The number of fused-ring (bicyclic) bond motifs is 4. The molecule has 1 N–H and O–H groups in total. The summed E-state index contributed by atoms with van der Waals surface area (Å²) >= 11 is 0. The van der Waals surface area contributed by atoms with E-state index in [-0.39, 0.29) is 5.91 Å². The third kappa shape index (κ3) is 1.94. The fourth-order valence-electron chi connectivity index (χ4n) is 5.07. The van der Waals surface area contributed by atoms with E-state index in [4.69, 9.17) is 0 Å². The van der Waals surface area contributed by atoms with Gasteiger partial charge >= 0.3 is 0 Å². The van der Waals surface area contributed by atoms with Gasteiger partial charge in [0.25, 0.3) is 0 Å². The number of hydrogen-bond donors (Lipinski definition) is 1. The first-order valence-corrected chi connectivity index (χ1v) is 8.29. The molecule has 2 saturated heterocycles. The molecule has 2 heterocycles. The van der Waals surface area contributed by atoms with Crippen molar-refractivity contribution in [1.82, 2.24) is 10.2 Å². The molecule has 3 nitrogen and oxygen atoms in total. The lowest BCUT2D eigenvalue weighted by atomic mass is 9.60. The molecule has 0 unspecified atom stereocenters. The summed E-state index contributed by atoms with van der Waals surface area (Å²) in [5, 5.41) is 3.51. The zero-order valence-corrected chi connectivity index (χ0v) is 12.8. The standard InChI is InChI=1S/C18H24N2O/c1-13(21)20-11-6-14-12-18(7-9-19-10-8-18)16-5-3-2-4-15(16)17(14)20/h2-5,14,17,19H,6-12H2,1H3/t14-,17-/m0/s1. The van der Waals surface area contributed by atoms with Gasteiger partial charge in [-0.15, -0.1) is 0 Å². The highest BCUT2D eigenvalue weighted by atomic mass is 16.2. The maximum Gasteiger partial charge on any atom is 0.219 e. The van der Waals surface area contributed by atoms with Crippen LogP contribution >= 0.6 is 0 Å². The second-order valence-corrected chi connectivity index (χ2v) is 7.03. The second kappa shape index (κ2) is 4.84. The van der Waals surface area contributed by atoms with Crippen molar-refractivity contribution in [1.29, 1.82) is 0 Å². The van der Waals surface area contributed by atoms with E-state index in [9.17, 15) is 4.79 Å². The number of likely N-dealkylation sites (tertiary alicyclic amines) is 1. The molecule has 2 atom stereocenters. The van der Waals surface area contributed by atoms with Crippen LogP contribution in [0.15, 0.2) is 24.3 Å². The van der Waals surface area contributed by atoms with Crippen molar-refractivity contribution in [2.24, 2.45) is 5.92 Å². The summed E-state index contributed by atoms with van der Waals surface area (Å²) in [6.07, 6.45) is 4.93. The van der Waals surface area contributed by atoms with Crippen LogP contribution < -0.4 is 5.32 Å². The van der Waals surface area contributed by atoms with Crippen molar-refractivity contribution in [2.45, 2.75) is 44.1 Å². The van der Waals surface area contributed by atoms with Crippen LogP contribution in [0.2, 0.25) is 0 Å². The predicted molar refractivity (Wildman–Crippen MR) is 83.1 cm³/mol. The van der Waals surface area contributed by atoms with Crippen LogP contribution in [0.3, 0.4) is 0 Å². The molecule has 1 spiro atoms. The van der Waals surface area contributed by atoms with Gasteiger partial charge in [0.1, 0.15) is 0 Å². The normalized spacial score (nSPS) is 30.0. The molecule has 21 heavy (non-hydrogen) atoms. The molecular weight excluding hydrogens is 260 g/mol. The second-order valence-electron chi connectivity index (χ2n) is 7.03. The fourth-order valence-corrected chi connectivity index (χ4v) is 5.07. The summed E-state index contributed by atoms with van der Waals surface area (Å²) in [4.78, 5) is 14.1. The Morgan fingerprint density at radius 3 is 2.81 bits per heavy atom. The van der Waals surface area contributed by atoms with Gasteiger partial charge in [-0.3, -0.25) is 4.79 Å². The lowest BCUT2D eigenvalue weighted by molar-refractivity contribution is -0.130. The Hall–Kier alpha value is -1.35. The van der Waals surface area contributed by atoms with Crippen LogP contribution in [0, 0.1) is 5.92 Å². The lowest BCUT2D eigenvalue weighted by Crippen LogP contribution is -2.46. The number of nitrogens with one attached hydrogen (secondary N) is 1. The molecule has 0 radical (unpaired) electrons. The van der Waals surface area contributed by atoms with Crippen molar-refractivity contribution < 1.29 is 4.79 Å². The zero-order chi connectivity index (χ0) is 14.4. The molecule has 4 rings (SSSR count). The first-order valence-electron chi connectivity index (χ1n) is 8.29. The highest BCUT2D eigenvalue weighted by molar-refractivity contribution is 5.74. The largest absolute Gasteiger partial charge is 0.336 e. The van der Waals surface area contributed by atoms with Gasteiger partial charge in [0.05, 0.1) is 6.04 Å². The van der Waals surface area contributed by atoms with E-state index in [1.54, 1.807) is 6.92 Å². The third-order valence-corrected chi connectivity index (χ3v) is 5.99. The molecule has 1 amide bonds. The Balaban J connectivity index is 1.82. The minimum absolute atomic E-state index is 0.235. The van der Waals surface area contributed by atoms with Crippen molar-refractivity contribution in [3.63, 3.8) is 0 Å². The molecule has 3 heteroatoms. The third-order valence-electron chi connectivity index (χ3n) is 5.99. The molecule has 0 bridgehead atoms. The van der Waals surface area contributed by atoms with E-state index in [1.807, 2.05) is 0 Å². The van der Waals surface area contributed by atoms with Gasteiger partial charge in [-0.2, -0.15) is 0 Å². The van der Waals surface area contributed by atoms with E-state index < -0.39 is 0 Å². The number of hydrogen-bond acceptors (Lipinski definition) is 2. The molecule has 112 valence electrons. The summed E-state index contributed by atoms with van der Waals surface area (Å²) in [6, 6.07) is 9.26. The molecule has 1 aliphatic carbocycles. The van der Waals surface area contributed by atoms with Crippen LogP contribution in [-0.2, 0) is 10.2 Å². The number of nitrogens with zero attached hydrogens (tertiary/aromatic N) is 1. The van der Waals surface area contributed by atoms with Gasteiger partial charge in [0.15, 0.2) is 0 Å². The molecule has 3 aliphatic rings. The summed E-state index contributed by atoms with van der Waals surface area (Å²) in [7, 11) is 0. The van der Waals surface area contributed by atoms with E-state index in [0.717, 1.165) is 19.6 Å². The Morgan fingerprint density at radius 2 is 2.05 bits per heavy atom. The van der Waals surface area contributed by atoms with Gasteiger partial charge in [0, 0.05) is 13.5 Å². The maximum absolute atomic E-state index is 12.0. The molecule has 2 aliphatic heterocycles. The van der Waals surface area contributed by atoms with Gasteiger partial charge in [-0.25, -0.2) is 0 Å². The number of carbonyl (C=O) groups is 1. The summed E-state index contributed by atoms with van der Waals surface area (Å²) in [5.41, 5.74) is 3.32. The van der Waals surface area contributed by atoms with E-state index >= 15 is 0 Å². The Morgan fingerprint density at radius 1 is 1.29 bits per heavy atom. The molecule has 0 saturated carbocycles. The number of amides is 1. The Kier molecular flexibility index (Phi) is 3.07. The number of piperidine rings is 1. The molecule has 1 aromatic carbocycles. The van der Waals surface area contributed by atoms with Gasteiger partial charge in [0.2, 0.25) is 5.91 Å². The maximum atomic E-state index is 12.0. The van der Waals surface area contributed by atoms with Gasteiger partial charge in [-0.05, 0) is 61.2 Å². The number of rotatable bonds is 0. The van der Waals surface area contributed by atoms with Crippen molar-refractivity contribution in [3.05, 3.63) is 35.4 Å². The monoisotopic (exact) mass is 284 g/mol. The average Bonchev–Trinajstić information content (AvgIpc) is 2.92. The summed E-state index contributed by atoms with van der Waals surface area (Å²) in [5.74, 6) is 0.889. The topological polar surface area (TPSA) is 32.3 Å². The molecule has 0 aromatic heterocycles. The van der Waals surface area contributed by atoms with Crippen LogP contribution in [0.1, 0.15) is 49.8 Å². The highest BCUT2D eigenvalue weighted by Crippen LogP contribution is 2.54. The van der Waals surface area contributed by atoms with Gasteiger partial charge < -0.3 is 10.2 Å². The van der Waals surface area contributed by atoms with E-state index in [0.29, 0.717) is 17.4 Å². The first-order chi connectivity index (χ1) is 10.2. The summed E-state index contributed by atoms with van der Waals surface area (Å²) < 4.78 is 0. The smallest absolute Gasteiger partial charge is 0.219 e. The molecule has 2 fully saturated rings. The quantitative estimate of drug-likeness (QED) is 0.794. The van der Waals surface area contributed by atoms with E-state index in [1.165, 1.54) is 36.8 Å². The predicted octanol–water partition coefficient (Wildman–Crippen LogP) is 2.62. The number of carbonyl (C=O) groups excluding carboxylic acids is 1.